The van der Waals surface area contributed by atoms with E-state index < -0.39 is 14.2 Å². The number of para-hydroxylation sites is 1. The first-order valence-corrected chi connectivity index (χ1v) is 5.43. The quantitative estimate of drug-likeness (QED) is 0.763. The first-order chi connectivity index (χ1) is 6.00. The van der Waals surface area contributed by atoms with E-state index in [0.717, 1.165) is 0 Å². The van der Waals surface area contributed by atoms with Gasteiger partial charge in [-0.15, -0.1) is 0 Å². The lowest BCUT2D eigenvalue weighted by Gasteiger charge is -2.10. The fourth-order valence-corrected chi connectivity index (χ4v) is 1.27. The van der Waals surface area contributed by atoms with Gasteiger partial charge in [0.15, 0.2) is 0 Å². The lowest BCUT2D eigenvalue weighted by atomic mass is 10.3. The maximum Gasteiger partial charge on any atom is 0.303 e. The van der Waals surface area contributed by atoms with Gasteiger partial charge >= 0.3 is 3.12 Å². The third-order valence-electron chi connectivity index (χ3n) is 1.10. The maximum absolute atomic E-state index is 11.1. The molecule has 0 aromatic heterocycles. The molecule has 1 aromatic carbocycles. The largest absolute Gasteiger partial charge is 0.398 e. The van der Waals surface area contributed by atoms with Crippen LogP contribution in [0.3, 0.4) is 0 Å². The summed E-state index contributed by atoms with van der Waals surface area (Å²) < 4.78 is 14.1. The van der Waals surface area contributed by atoms with Gasteiger partial charge in [-0.05, 0) is 12.1 Å². The van der Waals surface area contributed by atoms with E-state index in [9.17, 15) is 4.21 Å². The van der Waals surface area contributed by atoms with Crippen molar-refractivity contribution in [3.05, 3.63) is 30.3 Å². The third-order valence-corrected chi connectivity index (χ3v) is 2.96. The van der Waals surface area contributed by atoms with E-state index in [-0.39, 0.29) is 0 Å². The average Bonchev–Trinajstić information content (AvgIpc) is 2.04. The lowest BCUT2D eigenvalue weighted by Crippen LogP contribution is -2.17. The zero-order valence-corrected chi connectivity index (χ0v) is 9.33. The molecule has 6 heteroatoms. The Morgan fingerprint density at radius 2 is 1.69 bits per heavy atom. The van der Waals surface area contributed by atoms with Gasteiger partial charge in [0.05, 0.1) is 0 Å². The van der Waals surface area contributed by atoms with Crippen molar-refractivity contribution >= 4 is 45.9 Å². The van der Waals surface area contributed by atoms with Gasteiger partial charge in [0.25, 0.3) is 11.1 Å². The van der Waals surface area contributed by atoms with Crippen LogP contribution in [0.2, 0.25) is 0 Å². The van der Waals surface area contributed by atoms with Crippen molar-refractivity contribution < 1.29 is 8.39 Å². The molecule has 1 unspecified atom stereocenters. The summed E-state index contributed by atoms with van der Waals surface area (Å²) in [5.74, 6) is 0.396. The van der Waals surface area contributed by atoms with Crippen molar-refractivity contribution in [2.45, 2.75) is 3.12 Å². The predicted octanol–water partition coefficient (Wildman–Crippen LogP) is 3.06. The summed E-state index contributed by atoms with van der Waals surface area (Å²) in [5.41, 5.74) is 0. The zero-order chi connectivity index (χ0) is 9.90. The van der Waals surface area contributed by atoms with Crippen molar-refractivity contribution in [2.24, 2.45) is 0 Å². The minimum Gasteiger partial charge on any atom is -0.398 e. The van der Waals surface area contributed by atoms with Crippen LogP contribution in [-0.2, 0) is 11.1 Å². The summed E-state index contributed by atoms with van der Waals surface area (Å²) in [6.07, 6.45) is 0. The number of alkyl halides is 3. The second kappa shape index (κ2) is 4.51. The van der Waals surface area contributed by atoms with E-state index in [4.69, 9.17) is 39.0 Å². The van der Waals surface area contributed by atoms with Crippen molar-refractivity contribution in [3.8, 4) is 5.75 Å². The Hall–Kier alpha value is 0.0400. The number of rotatable bonds is 2. The van der Waals surface area contributed by atoms with Crippen molar-refractivity contribution in [1.82, 2.24) is 0 Å². The number of halogens is 3. The third kappa shape index (κ3) is 3.73. The van der Waals surface area contributed by atoms with E-state index in [1.54, 1.807) is 30.3 Å². The Labute approximate surface area is 93.4 Å². The van der Waals surface area contributed by atoms with Crippen molar-refractivity contribution in [2.75, 3.05) is 0 Å². The van der Waals surface area contributed by atoms with Crippen molar-refractivity contribution in [1.29, 1.82) is 0 Å². The molecule has 2 nitrogen and oxygen atoms in total. The van der Waals surface area contributed by atoms with Crippen LogP contribution in [0.25, 0.3) is 0 Å². The molecular formula is C7H5Cl3O2S. The molecule has 0 aliphatic carbocycles. The van der Waals surface area contributed by atoms with Gasteiger partial charge in [-0.2, -0.15) is 0 Å². The Kier molecular flexibility index (Phi) is 3.86. The molecule has 0 bridgehead atoms. The highest BCUT2D eigenvalue weighted by Gasteiger charge is 2.31. The highest BCUT2D eigenvalue weighted by molar-refractivity contribution is 7.87. The Morgan fingerprint density at radius 3 is 2.15 bits per heavy atom. The molecule has 1 aromatic rings. The molecule has 0 aliphatic heterocycles. The van der Waals surface area contributed by atoms with Gasteiger partial charge in [0.2, 0.25) is 0 Å². The maximum atomic E-state index is 11.1. The van der Waals surface area contributed by atoms with Gasteiger partial charge in [-0.3, -0.25) is 0 Å². The van der Waals surface area contributed by atoms with Crippen LogP contribution >= 0.6 is 34.8 Å². The second-order valence-electron chi connectivity index (χ2n) is 2.08. The predicted molar refractivity (Wildman–Crippen MR) is 55.5 cm³/mol. The number of hydrogen-bond donors (Lipinski definition) is 0. The smallest absolute Gasteiger partial charge is 0.303 e. The normalized spacial score (nSPS) is 13.8. The lowest BCUT2D eigenvalue weighted by molar-refractivity contribution is 0.562. The molecule has 1 atom stereocenters. The van der Waals surface area contributed by atoms with Crippen LogP contribution in [0, 0.1) is 0 Å². The molecule has 13 heavy (non-hydrogen) atoms. The topological polar surface area (TPSA) is 26.3 Å². The van der Waals surface area contributed by atoms with E-state index >= 15 is 0 Å². The molecule has 0 radical (unpaired) electrons. The summed E-state index contributed by atoms with van der Waals surface area (Å²) >= 11 is 14.0. The molecule has 1 rings (SSSR count). The molecule has 72 valence electrons. The minimum absolute atomic E-state index is 0.396. The summed E-state index contributed by atoms with van der Waals surface area (Å²) in [5, 5.41) is 0. The van der Waals surface area contributed by atoms with Crippen LogP contribution in [0.5, 0.6) is 5.75 Å². The first-order valence-electron chi connectivity index (χ1n) is 3.22. The standard InChI is InChI=1S/C7H5Cl3O2S/c8-7(9,10)13(11)12-6-4-2-1-3-5-6/h1-5H. The van der Waals surface area contributed by atoms with Gasteiger partial charge in [-0.25, -0.2) is 4.21 Å². The highest BCUT2D eigenvalue weighted by Crippen LogP contribution is 2.31. The zero-order valence-electron chi connectivity index (χ0n) is 6.25. The Bertz CT molecular complexity index is 296. The molecule has 0 spiro atoms. The number of hydrogen-bond acceptors (Lipinski definition) is 2. The van der Waals surface area contributed by atoms with Gasteiger partial charge in [0, 0.05) is 0 Å². The highest BCUT2D eigenvalue weighted by atomic mass is 35.6. The van der Waals surface area contributed by atoms with Crippen LogP contribution < -0.4 is 4.18 Å². The number of benzene rings is 1. The van der Waals surface area contributed by atoms with E-state index in [0.29, 0.717) is 5.75 Å². The Balaban J connectivity index is 2.66. The summed E-state index contributed by atoms with van der Waals surface area (Å²) in [6.45, 7) is 0. The van der Waals surface area contributed by atoms with Crippen LogP contribution in [-0.4, -0.2) is 7.33 Å². The minimum atomic E-state index is -1.99. The van der Waals surface area contributed by atoms with Crippen molar-refractivity contribution in [3.63, 3.8) is 0 Å². The van der Waals surface area contributed by atoms with E-state index in [2.05, 4.69) is 0 Å². The SMILES string of the molecule is O=S(Oc1ccccc1)C(Cl)(Cl)Cl. The second-order valence-corrected chi connectivity index (χ2v) is 6.28. The molecule has 0 heterocycles. The first kappa shape index (κ1) is 11.1. The van der Waals surface area contributed by atoms with Gasteiger partial charge in [-0.1, -0.05) is 53.0 Å². The Morgan fingerprint density at radius 1 is 1.15 bits per heavy atom. The van der Waals surface area contributed by atoms with Crippen LogP contribution in [0.15, 0.2) is 30.3 Å². The van der Waals surface area contributed by atoms with Crippen LogP contribution in [0.4, 0.5) is 0 Å². The van der Waals surface area contributed by atoms with E-state index in [1.165, 1.54) is 0 Å². The molecule has 0 saturated heterocycles. The fourth-order valence-electron chi connectivity index (χ4n) is 0.611. The molecular weight excluding hydrogens is 255 g/mol. The van der Waals surface area contributed by atoms with E-state index in [1.807, 2.05) is 0 Å². The summed E-state index contributed by atoms with van der Waals surface area (Å²) in [7, 11) is 0. The molecule has 0 saturated carbocycles. The fraction of sp³-hybridized carbons (Fsp3) is 0.143. The molecule has 0 fully saturated rings. The van der Waals surface area contributed by atoms with Crippen LogP contribution in [0.1, 0.15) is 0 Å². The monoisotopic (exact) mass is 258 g/mol. The average molecular weight is 260 g/mol. The summed E-state index contributed by atoms with van der Waals surface area (Å²) in [4.78, 5) is 0. The van der Waals surface area contributed by atoms with Gasteiger partial charge < -0.3 is 4.18 Å². The summed E-state index contributed by atoms with van der Waals surface area (Å²) in [6, 6.07) is 8.49. The van der Waals surface area contributed by atoms with Gasteiger partial charge in [0.1, 0.15) is 5.75 Å². The molecule has 0 amide bonds. The molecule has 0 N–H and O–H groups in total. The molecule has 0 aliphatic rings.